The second-order valence-electron chi connectivity index (χ2n) is 4.57. The Balaban J connectivity index is 2.32. The van der Waals surface area contributed by atoms with Crippen molar-refractivity contribution in [3.8, 4) is 11.6 Å². The molecule has 7 heteroatoms. The fraction of sp³-hybridized carbons (Fsp3) is 0.286. The highest BCUT2D eigenvalue weighted by molar-refractivity contribution is 5.49. The van der Waals surface area contributed by atoms with E-state index in [1.807, 2.05) is 12.1 Å². The fourth-order valence-corrected chi connectivity index (χ4v) is 1.97. The number of nitrogens with two attached hydrogens (primary N) is 1. The summed E-state index contributed by atoms with van der Waals surface area (Å²) >= 11 is 0. The third-order valence-corrected chi connectivity index (χ3v) is 2.90. The molecule has 0 amide bonds. The van der Waals surface area contributed by atoms with E-state index in [1.165, 1.54) is 12.5 Å². The Hall–Kier alpha value is -2.70. The number of hydrogen-bond acceptors (Lipinski definition) is 6. The molecule has 1 aromatic carbocycles. The first-order chi connectivity index (χ1) is 10.0. The molecule has 110 valence electrons. The summed E-state index contributed by atoms with van der Waals surface area (Å²) in [4.78, 5) is 18.1. The van der Waals surface area contributed by atoms with Crippen molar-refractivity contribution < 1.29 is 9.66 Å². The minimum atomic E-state index is -0.574. The van der Waals surface area contributed by atoms with Crippen molar-refractivity contribution in [2.75, 3.05) is 5.73 Å². The van der Waals surface area contributed by atoms with Gasteiger partial charge < -0.3 is 10.5 Å². The van der Waals surface area contributed by atoms with Gasteiger partial charge in [-0.25, -0.2) is 4.98 Å². The summed E-state index contributed by atoms with van der Waals surface area (Å²) in [6, 6.07) is 7.34. The number of aryl methyl sites for hydroxylation is 2. The van der Waals surface area contributed by atoms with Crippen molar-refractivity contribution in [3.63, 3.8) is 0 Å². The molecule has 0 radical (unpaired) electrons. The number of rotatable bonds is 5. The van der Waals surface area contributed by atoms with Gasteiger partial charge in [0.2, 0.25) is 5.95 Å². The fourth-order valence-electron chi connectivity index (χ4n) is 1.97. The van der Waals surface area contributed by atoms with Crippen LogP contribution in [0.3, 0.4) is 0 Å². The lowest BCUT2D eigenvalue weighted by molar-refractivity contribution is -0.386. The summed E-state index contributed by atoms with van der Waals surface area (Å²) in [5, 5.41) is 11.1. The minimum absolute atomic E-state index is 0.0595. The molecule has 0 bridgehead atoms. The van der Waals surface area contributed by atoms with Crippen molar-refractivity contribution >= 4 is 11.6 Å². The molecule has 1 aromatic heterocycles. The summed E-state index contributed by atoms with van der Waals surface area (Å²) in [5.41, 5.74) is 6.59. The summed E-state index contributed by atoms with van der Waals surface area (Å²) in [6.07, 6.45) is 2.02. The molecular formula is C14H16N4O3. The van der Waals surface area contributed by atoms with Crippen molar-refractivity contribution in [1.29, 1.82) is 0 Å². The third kappa shape index (κ3) is 3.44. The van der Waals surface area contributed by atoms with Crippen molar-refractivity contribution in [2.24, 2.45) is 0 Å². The summed E-state index contributed by atoms with van der Waals surface area (Å²) in [7, 11) is 0. The van der Waals surface area contributed by atoms with Gasteiger partial charge in [-0.05, 0) is 31.0 Å². The summed E-state index contributed by atoms with van der Waals surface area (Å²) in [6.45, 7) is 3.59. The molecule has 0 saturated carbocycles. The van der Waals surface area contributed by atoms with Crippen LogP contribution in [-0.4, -0.2) is 14.9 Å². The number of anilines is 1. The Labute approximate surface area is 121 Å². The molecular weight excluding hydrogens is 272 g/mol. The van der Waals surface area contributed by atoms with E-state index < -0.39 is 4.92 Å². The molecule has 0 saturated heterocycles. The molecule has 0 spiro atoms. The topological polar surface area (TPSA) is 104 Å². The number of benzene rings is 1. The van der Waals surface area contributed by atoms with Crippen LogP contribution in [0.15, 0.2) is 24.3 Å². The lowest BCUT2D eigenvalue weighted by Gasteiger charge is -2.08. The Morgan fingerprint density at radius 3 is 2.52 bits per heavy atom. The predicted molar refractivity (Wildman–Crippen MR) is 78.3 cm³/mol. The molecule has 0 fully saturated rings. The van der Waals surface area contributed by atoms with E-state index in [0.717, 1.165) is 12.8 Å². The molecule has 2 rings (SSSR count). The smallest absolute Gasteiger partial charge is 0.352 e. The molecule has 2 aromatic rings. The maximum atomic E-state index is 11.1. The van der Waals surface area contributed by atoms with Gasteiger partial charge in [0.25, 0.3) is 0 Å². The van der Waals surface area contributed by atoms with Crippen LogP contribution in [-0.2, 0) is 6.42 Å². The molecule has 0 aliphatic rings. The van der Waals surface area contributed by atoms with Crippen LogP contribution in [0.25, 0.3) is 0 Å². The Morgan fingerprint density at radius 1 is 1.29 bits per heavy atom. The average Bonchev–Trinajstić information content (AvgIpc) is 2.40. The molecule has 7 nitrogen and oxygen atoms in total. The lowest BCUT2D eigenvalue weighted by atomic mass is 10.1. The van der Waals surface area contributed by atoms with Crippen LogP contribution in [0.4, 0.5) is 11.6 Å². The van der Waals surface area contributed by atoms with Crippen molar-refractivity contribution in [1.82, 2.24) is 9.97 Å². The van der Waals surface area contributed by atoms with Crippen LogP contribution in [0.2, 0.25) is 0 Å². The highest BCUT2D eigenvalue weighted by Crippen LogP contribution is 2.31. The number of nitro groups is 1. The van der Waals surface area contributed by atoms with E-state index in [4.69, 9.17) is 10.5 Å². The summed E-state index contributed by atoms with van der Waals surface area (Å²) in [5.74, 6) is 0.263. The zero-order valence-electron chi connectivity index (χ0n) is 11.9. The molecule has 0 aliphatic carbocycles. The molecule has 21 heavy (non-hydrogen) atoms. The third-order valence-electron chi connectivity index (χ3n) is 2.90. The van der Waals surface area contributed by atoms with Crippen LogP contribution >= 0.6 is 0 Å². The van der Waals surface area contributed by atoms with Gasteiger partial charge >= 0.3 is 11.6 Å². The van der Waals surface area contributed by atoms with Gasteiger partial charge in [-0.1, -0.05) is 25.5 Å². The Morgan fingerprint density at radius 2 is 1.95 bits per heavy atom. The number of nitrogen functional groups attached to an aromatic ring is 1. The van der Waals surface area contributed by atoms with Crippen molar-refractivity contribution in [3.05, 3.63) is 45.6 Å². The SMILES string of the molecule is CCCc1ccc(Oc2nc(N)nc(C)c2[N+](=O)[O-])cc1. The van der Waals surface area contributed by atoms with E-state index in [1.54, 1.807) is 12.1 Å². The van der Waals surface area contributed by atoms with Gasteiger partial charge in [-0.15, -0.1) is 0 Å². The highest BCUT2D eigenvalue weighted by atomic mass is 16.6. The number of hydrogen-bond donors (Lipinski definition) is 1. The van der Waals surface area contributed by atoms with Gasteiger partial charge in [0, 0.05) is 0 Å². The standard InChI is InChI=1S/C14H16N4O3/c1-3-4-10-5-7-11(8-6-10)21-13-12(18(19)20)9(2)16-14(15)17-13/h5-8H,3-4H2,1-2H3,(H2,15,16,17). The quantitative estimate of drug-likeness (QED) is 0.669. The van der Waals surface area contributed by atoms with Gasteiger partial charge in [0.15, 0.2) is 0 Å². The first-order valence-corrected chi connectivity index (χ1v) is 6.56. The minimum Gasteiger partial charge on any atom is -0.434 e. The number of ether oxygens (including phenoxy) is 1. The largest absolute Gasteiger partial charge is 0.434 e. The lowest BCUT2D eigenvalue weighted by Crippen LogP contribution is -2.04. The number of nitrogens with zero attached hydrogens (tertiary/aromatic N) is 3. The van der Waals surface area contributed by atoms with E-state index in [9.17, 15) is 10.1 Å². The first-order valence-electron chi connectivity index (χ1n) is 6.56. The maximum absolute atomic E-state index is 11.1. The van der Waals surface area contributed by atoms with Gasteiger partial charge in [0.1, 0.15) is 11.4 Å². The summed E-state index contributed by atoms with van der Waals surface area (Å²) < 4.78 is 5.49. The maximum Gasteiger partial charge on any atom is 0.352 e. The van der Waals surface area contributed by atoms with E-state index in [2.05, 4.69) is 16.9 Å². The van der Waals surface area contributed by atoms with Crippen LogP contribution in [0, 0.1) is 17.0 Å². The van der Waals surface area contributed by atoms with Crippen LogP contribution in [0.5, 0.6) is 11.6 Å². The van der Waals surface area contributed by atoms with Crippen LogP contribution < -0.4 is 10.5 Å². The van der Waals surface area contributed by atoms with E-state index >= 15 is 0 Å². The van der Waals surface area contributed by atoms with Crippen LogP contribution in [0.1, 0.15) is 24.6 Å². The van der Waals surface area contributed by atoms with Gasteiger partial charge in [-0.3, -0.25) is 10.1 Å². The predicted octanol–water partition coefficient (Wildman–Crippen LogP) is 3.02. The molecule has 0 atom stereocenters. The Kier molecular flexibility index (Phi) is 4.32. The zero-order chi connectivity index (χ0) is 15.4. The van der Waals surface area contributed by atoms with E-state index in [-0.39, 0.29) is 23.2 Å². The number of aromatic nitrogens is 2. The first kappa shape index (κ1) is 14.7. The molecule has 2 N–H and O–H groups in total. The van der Waals surface area contributed by atoms with E-state index in [0.29, 0.717) is 5.75 Å². The van der Waals surface area contributed by atoms with Gasteiger partial charge in [-0.2, -0.15) is 4.98 Å². The zero-order valence-corrected chi connectivity index (χ0v) is 11.9. The van der Waals surface area contributed by atoms with Crippen molar-refractivity contribution in [2.45, 2.75) is 26.7 Å². The molecule has 0 unspecified atom stereocenters. The second-order valence-corrected chi connectivity index (χ2v) is 4.57. The normalized spacial score (nSPS) is 10.4. The average molecular weight is 288 g/mol. The van der Waals surface area contributed by atoms with Gasteiger partial charge in [0.05, 0.1) is 4.92 Å². The molecule has 1 heterocycles. The molecule has 0 aliphatic heterocycles. The second kappa shape index (κ2) is 6.17. The monoisotopic (exact) mass is 288 g/mol. The highest BCUT2D eigenvalue weighted by Gasteiger charge is 2.23. The Bertz CT molecular complexity index is 656.